The highest BCUT2D eigenvalue weighted by atomic mass is 19.1. The van der Waals surface area contributed by atoms with Gasteiger partial charge in [0.15, 0.2) is 5.60 Å². The Morgan fingerprint density at radius 3 is 2.25 bits per heavy atom. The van der Waals surface area contributed by atoms with Crippen molar-refractivity contribution >= 4 is 5.91 Å². The number of carbonyl (C=O) groups excluding carboxylic acids is 1. The van der Waals surface area contributed by atoms with Crippen LogP contribution in [0.3, 0.4) is 0 Å². The highest BCUT2D eigenvalue weighted by molar-refractivity contribution is 5.85. The lowest BCUT2D eigenvalue weighted by Crippen LogP contribution is -2.48. The summed E-state index contributed by atoms with van der Waals surface area (Å²) in [5.41, 5.74) is -1.17. The third kappa shape index (κ3) is 3.08. The number of amides is 1. The van der Waals surface area contributed by atoms with Gasteiger partial charge in [0.05, 0.1) is 12.2 Å². The maximum atomic E-state index is 12.8. The molecule has 1 amide bonds. The number of hydrogen-bond donors (Lipinski definition) is 2. The molecule has 6 heteroatoms. The van der Waals surface area contributed by atoms with E-state index in [1.807, 2.05) is 0 Å². The van der Waals surface area contributed by atoms with Gasteiger partial charge in [0.1, 0.15) is 11.6 Å². The van der Waals surface area contributed by atoms with Crippen LogP contribution in [0.4, 0.5) is 4.39 Å². The topological polar surface area (TPSA) is 70.0 Å². The van der Waals surface area contributed by atoms with E-state index in [0.29, 0.717) is 5.75 Å². The van der Waals surface area contributed by atoms with E-state index in [2.05, 4.69) is 0 Å². The summed E-state index contributed by atoms with van der Waals surface area (Å²) in [5.74, 6) is -0.338. The maximum absolute atomic E-state index is 12.8. The molecule has 2 N–H and O–H groups in total. The van der Waals surface area contributed by atoms with Gasteiger partial charge in [-0.25, -0.2) is 4.39 Å². The molecule has 1 fully saturated rings. The van der Waals surface area contributed by atoms with E-state index in [4.69, 9.17) is 4.74 Å². The first-order valence-corrected chi connectivity index (χ1v) is 6.40. The monoisotopic (exact) mass is 283 g/mol. The Morgan fingerprint density at radius 1 is 1.25 bits per heavy atom. The Kier molecular flexibility index (Phi) is 3.96. The number of aliphatic hydroxyl groups is 2. The molecule has 20 heavy (non-hydrogen) atoms. The van der Waals surface area contributed by atoms with Crippen LogP contribution >= 0.6 is 0 Å². The van der Waals surface area contributed by atoms with Crippen molar-refractivity contribution in [2.24, 2.45) is 0 Å². The minimum Gasteiger partial charge on any atom is -0.478 e. The molecule has 2 atom stereocenters. The Hall–Kier alpha value is -1.66. The molecule has 1 saturated heterocycles. The van der Waals surface area contributed by atoms with Crippen molar-refractivity contribution in [3.63, 3.8) is 0 Å². The standard InChI is InChI=1S/C14H18FNO4/c1-14(2,20-10-5-3-9(15)4-6-10)13(19)16-7-11(17)12(18)8-16/h3-6,11-12,17-18H,7-8H2,1-2H3/t11-,12+. The van der Waals surface area contributed by atoms with Crippen LogP contribution in [0.15, 0.2) is 24.3 Å². The summed E-state index contributed by atoms with van der Waals surface area (Å²) in [4.78, 5) is 13.7. The number of carbonyl (C=O) groups is 1. The van der Waals surface area contributed by atoms with Crippen LogP contribution in [0.25, 0.3) is 0 Å². The van der Waals surface area contributed by atoms with Crippen LogP contribution in [-0.2, 0) is 4.79 Å². The number of rotatable bonds is 3. The largest absolute Gasteiger partial charge is 0.478 e. The Bertz CT molecular complexity index is 478. The van der Waals surface area contributed by atoms with Gasteiger partial charge in [-0.1, -0.05) is 0 Å². The van der Waals surface area contributed by atoms with Crippen LogP contribution < -0.4 is 4.74 Å². The molecule has 1 heterocycles. The van der Waals surface area contributed by atoms with Crippen LogP contribution in [0.2, 0.25) is 0 Å². The van der Waals surface area contributed by atoms with Gasteiger partial charge in [-0.2, -0.15) is 0 Å². The molecular formula is C14H18FNO4. The molecule has 1 aromatic rings. The molecular weight excluding hydrogens is 265 g/mol. The van der Waals surface area contributed by atoms with Crippen molar-refractivity contribution in [3.8, 4) is 5.75 Å². The molecule has 1 aromatic carbocycles. The number of likely N-dealkylation sites (tertiary alicyclic amines) is 1. The van der Waals surface area contributed by atoms with Crippen molar-refractivity contribution in [3.05, 3.63) is 30.1 Å². The fourth-order valence-corrected chi connectivity index (χ4v) is 2.16. The minimum atomic E-state index is -1.17. The van der Waals surface area contributed by atoms with Crippen LogP contribution in [0, 0.1) is 5.82 Å². The van der Waals surface area contributed by atoms with E-state index in [9.17, 15) is 19.4 Å². The normalized spacial score (nSPS) is 22.9. The highest BCUT2D eigenvalue weighted by Crippen LogP contribution is 2.22. The Labute approximate surface area is 116 Å². The zero-order chi connectivity index (χ0) is 14.9. The predicted molar refractivity (Wildman–Crippen MR) is 69.7 cm³/mol. The van der Waals surface area contributed by atoms with Gasteiger partial charge >= 0.3 is 0 Å². The summed E-state index contributed by atoms with van der Waals surface area (Å²) < 4.78 is 18.4. The van der Waals surface area contributed by atoms with Crippen molar-refractivity contribution in [2.45, 2.75) is 31.7 Å². The smallest absolute Gasteiger partial charge is 0.266 e. The summed E-state index contributed by atoms with van der Waals surface area (Å²) in [5, 5.41) is 19.0. The quantitative estimate of drug-likeness (QED) is 0.850. The number of ether oxygens (including phenoxy) is 1. The molecule has 5 nitrogen and oxygen atoms in total. The van der Waals surface area contributed by atoms with Gasteiger partial charge in [0.2, 0.25) is 0 Å². The fourth-order valence-electron chi connectivity index (χ4n) is 2.16. The molecule has 0 radical (unpaired) electrons. The fraction of sp³-hybridized carbons (Fsp3) is 0.500. The Morgan fingerprint density at radius 2 is 1.75 bits per heavy atom. The zero-order valence-corrected chi connectivity index (χ0v) is 11.4. The first-order valence-electron chi connectivity index (χ1n) is 6.40. The minimum absolute atomic E-state index is 0.0796. The van der Waals surface area contributed by atoms with Gasteiger partial charge < -0.3 is 19.8 Å². The molecule has 2 rings (SSSR count). The number of hydrogen-bond acceptors (Lipinski definition) is 4. The molecule has 0 aromatic heterocycles. The number of aliphatic hydroxyl groups excluding tert-OH is 2. The molecule has 0 unspecified atom stereocenters. The van der Waals surface area contributed by atoms with E-state index >= 15 is 0 Å². The number of β-amino-alcohol motifs (C(OH)–C–C–N with tert-alkyl or cyclic N) is 2. The van der Waals surface area contributed by atoms with Crippen LogP contribution in [-0.4, -0.2) is 51.9 Å². The van der Waals surface area contributed by atoms with E-state index in [-0.39, 0.29) is 24.8 Å². The third-order valence-electron chi connectivity index (χ3n) is 3.25. The molecule has 1 aliphatic heterocycles. The van der Waals surface area contributed by atoms with Crippen molar-refractivity contribution < 1.29 is 24.1 Å². The first-order chi connectivity index (χ1) is 9.29. The summed E-state index contributed by atoms with van der Waals surface area (Å²) in [6.07, 6.45) is -1.86. The van der Waals surface area contributed by atoms with E-state index < -0.39 is 17.8 Å². The second-order valence-electron chi connectivity index (χ2n) is 5.41. The molecule has 0 spiro atoms. The molecule has 0 aliphatic carbocycles. The number of benzene rings is 1. The second kappa shape index (κ2) is 5.38. The van der Waals surface area contributed by atoms with Crippen LogP contribution in [0.5, 0.6) is 5.75 Å². The predicted octanol–water partition coefficient (Wildman–Crippen LogP) is 0.547. The van der Waals surface area contributed by atoms with E-state index in [0.717, 1.165) is 0 Å². The van der Waals surface area contributed by atoms with Gasteiger partial charge in [-0.05, 0) is 38.1 Å². The Balaban J connectivity index is 2.06. The zero-order valence-electron chi connectivity index (χ0n) is 11.4. The average molecular weight is 283 g/mol. The number of halogens is 1. The van der Waals surface area contributed by atoms with Gasteiger partial charge in [0.25, 0.3) is 5.91 Å². The van der Waals surface area contributed by atoms with Gasteiger partial charge in [0, 0.05) is 13.1 Å². The van der Waals surface area contributed by atoms with Gasteiger partial charge in [-0.3, -0.25) is 4.79 Å². The molecule has 0 bridgehead atoms. The first kappa shape index (κ1) is 14.7. The maximum Gasteiger partial charge on any atom is 0.266 e. The average Bonchev–Trinajstić information content (AvgIpc) is 2.71. The number of nitrogens with zero attached hydrogens (tertiary/aromatic N) is 1. The highest BCUT2D eigenvalue weighted by Gasteiger charge is 2.40. The molecule has 1 aliphatic rings. The third-order valence-corrected chi connectivity index (χ3v) is 3.25. The van der Waals surface area contributed by atoms with Crippen LogP contribution in [0.1, 0.15) is 13.8 Å². The summed E-state index contributed by atoms with van der Waals surface area (Å²) in [6.45, 7) is 3.35. The second-order valence-corrected chi connectivity index (χ2v) is 5.41. The lowest BCUT2D eigenvalue weighted by molar-refractivity contribution is -0.144. The SMILES string of the molecule is CC(C)(Oc1ccc(F)cc1)C(=O)N1C[C@@H](O)[C@@H](O)C1. The summed E-state index contributed by atoms with van der Waals surface area (Å²) in [7, 11) is 0. The molecule has 110 valence electrons. The molecule has 0 saturated carbocycles. The van der Waals surface area contributed by atoms with Crippen molar-refractivity contribution in [1.29, 1.82) is 0 Å². The van der Waals surface area contributed by atoms with E-state index in [1.165, 1.54) is 29.2 Å². The lowest BCUT2D eigenvalue weighted by Gasteiger charge is -2.29. The summed E-state index contributed by atoms with van der Waals surface area (Å²) >= 11 is 0. The summed E-state index contributed by atoms with van der Waals surface area (Å²) in [6, 6.07) is 5.38. The van der Waals surface area contributed by atoms with E-state index in [1.54, 1.807) is 13.8 Å². The van der Waals surface area contributed by atoms with Crippen molar-refractivity contribution in [1.82, 2.24) is 4.90 Å². The van der Waals surface area contributed by atoms with Crippen molar-refractivity contribution in [2.75, 3.05) is 13.1 Å². The lowest BCUT2D eigenvalue weighted by atomic mass is 10.1. The van der Waals surface area contributed by atoms with Gasteiger partial charge in [-0.15, -0.1) is 0 Å².